The number of hydrogen-bond acceptors (Lipinski definition) is 2. The molecule has 0 aliphatic rings. The van der Waals surface area contributed by atoms with Gasteiger partial charge in [-0.2, -0.15) is 0 Å². The molecule has 0 spiro atoms. The largest absolute Gasteiger partial charge is 0.365 e. The Morgan fingerprint density at radius 1 is 1.40 bits per heavy atom. The van der Waals surface area contributed by atoms with Gasteiger partial charge >= 0.3 is 0 Å². The second kappa shape index (κ2) is 3.40. The summed E-state index contributed by atoms with van der Waals surface area (Å²) in [5.41, 5.74) is 4.60. The van der Waals surface area contributed by atoms with Crippen LogP contribution in [0.2, 0.25) is 5.02 Å². The first-order chi connectivity index (χ1) is 7.09. The Bertz CT molecular complexity index is 604. The van der Waals surface area contributed by atoms with Crippen molar-refractivity contribution in [3.8, 4) is 0 Å². The molecule has 0 saturated heterocycles. The summed E-state index contributed by atoms with van der Waals surface area (Å²) in [6.45, 7) is 0. The number of carbonyl (C=O) groups excluding carboxylic acids is 1. The lowest BCUT2D eigenvalue weighted by Gasteiger charge is -2.02. The lowest BCUT2D eigenvalue weighted by molar-refractivity contribution is 0.100. The number of benzene rings is 1. The van der Waals surface area contributed by atoms with Crippen LogP contribution in [0.5, 0.6) is 0 Å². The molecule has 4 nitrogen and oxygen atoms in total. The van der Waals surface area contributed by atoms with Gasteiger partial charge in [-0.25, -0.2) is 0 Å². The number of H-pyrrole nitrogens is 1. The third-order valence-corrected chi connectivity index (χ3v) is 2.35. The van der Waals surface area contributed by atoms with Crippen LogP contribution in [0.4, 0.5) is 0 Å². The van der Waals surface area contributed by atoms with E-state index in [0.717, 1.165) is 0 Å². The van der Waals surface area contributed by atoms with Gasteiger partial charge in [-0.3, -0.25) is 9.59 Å². The number of rotatable bonds is 1. The Morgan fingerprint density at radius 2 is 2.13 bits per heavy atom. The molecule has 0 unspecified atom stereocenters. The van der Waals surface area contributed by atoms with E-state index in [1.807, 2.05) is 0 Å². The van der Waals surface area contributed by atoms with Crippen molar-refractivity contribution in [2.24, 2.45) is 5.73 Å². The number of carbonyl (C=O) groups is 1. The lowest BCUT2D eigenvalue weighted by atomic mass is 10.1. The van der Waals surface area contributed by atoms with Crippen molar-refractivity contribution in [2.75, 3.05) is 0 Å². The second-order valence-electron chi connectivity index (χ2n) is 3.09. The van der Waals surface area contributed by atoms with Crippen LogP contribution in [-0.4, -0.2) is 10.9 Å². The summed E-state index contributed by atoms with van der Waals surface area (Å²) in [6, 6.07) is 4.86. The van der Waals surface area contributed by atoms with Gasteiger partial charge in [-0.1, -0.05) is 17.7 Å². The molecular formula is C10H7ClN2O2. The lowest BCUT2D eigenvalue weighted by Crippen LogP contribution is -2.23. The molecule has 76 valence electrons. The minimum Gasteiger partial charge on any atom is -0.365 e. The molecule has 0 saturated carbocycles. The summed E-state index contributed by atoms with van der Waals surface area (Å²) in [5, 5.41) is 1.72. The Kier molecular flexibility index (Phi) is 2.21. The number of halogens is 1. The number of pyridine rings is 1. The van der Waals surface area contributed by atoms with E-state index in [1.165, 1.54) is 6.20 Å². The Balaban J connectivity index is 2.94. The van der Waals surface area contributed by atoms with Crippen molar-refractivity contribution in [3.05, 3.63) is 45.3 Å². The summed E-state index contributed by atoms with van der Waals surface area (Å²) in [4.78, 5) is 24.9. The van der Waals surface area contributed by atoms with E-state index in [-0.39, 0.29) is 5.56 Å². The zero-order valence-corrected chi connectivity index (χ0v) is 8.34. The van der Waals surface area contributed by atoms with Crippen LogP contribution in [0.15, 0.2) is 29.2 Å². The summed E-state index contributed by atoms with van der Waals surface area (Å²) in [7, 11) is 0. The Labute approximate surface area is 89.7 Å². The highest BCUT2D eigenvalue weighted by Gasteiger charge is 2.11. The van der Waals surface area contributed by atoms with Gasteiger partial charge in [0.25, 0.3) is 11.5 Å². The molecule has 2 aromatic rings. The molecule has 0 bridgehead atoms. The second-order valence-corrected chi connectivity index (χ2v) is 3.53. The topological polar surface area (TPSA) is 76.0 Å². The highest BCUT2D eigenvalue weighted by Crippen LogP contribution is 2.19. The number of nitrogens with one attached hydrogen (secondary N) is 1. The van der Waals surface area contributed by atoms with Crippen molar-refractivity contribution in [1.29, 1.82) is 0 Å². The smallest absolute Gasteiger partial charge is 0.261 e. The molecule has 0 fully saturated rings. The van der Waals surface area contributed by atoms with Crippen molar-refractivity contribution >= 4 is 28.3 Å². The maximum Gasteiger partial charge on any atom is 0.261 e. The van der Waals surface area contributed by atoms with Crippen molar-refractivity contribution in [1.82, 2.24) is 4.98 Å². The first-order valence-electron chi connectivity index (χ1n) is 4.20. The molecule has 1 aromatic heterocycles. The number of amides is 1. The van der Waals surface area contributed by atoms with Crippen molar-refractivity contribution < 1.29 is 4.79 Å². The van der Waals surface area contributed by atoms with Crippen LogP contribution in [0.1, 0.15) is 10.4 Å². The maximum absolute atomic E-state index is 11.4. The van der Waals surface area contributed by atoms with Gasteiger partial charge in [0, 0.05) is 22.0 Å². The normalized spacial score (nSPS) is 10.5. The minimum atomic E-state index is -0.746. The SMILES string of the molecule is NC(=O)c1c(=O)[nH]cc2cc(Cl)ccc12. The van der Waals surface area contributed by atoms with Crippen LogP contribution >= 0.6 is 11.6 Å². The van der Waals surface area contributed by atoms with Gasteiger partial charge in [-0.05, 0) is 12.1 Å². The van der Waals surface area contributed by atoms with E-state index in [4.69, 9.17) is 17.3 Å². The standard InChI is InChI=1S/C10H7ClN2O2/c11-6-1-2-7-5(3-6)4-13-10(15)8(7)9(12)14/h1-4H,(H2,12,14)(H,13,15). The number of aromatic nitrogens is 1. The number of hydrogen-bond donors (Lipinski definition) is 2. The van der Waals surface area contributed by atoms with Gasteiger partial charge < -0.3 is 10.7 Å². The van der Waals surface area contributed by atoms with Gasteiger partial charge in [0.2, 0.25) is 0 Å². The van der Waals surface area contributed by atoms with Crippen LogP contribution in [-0.2, 0) is 0 Å². The van der Waals surface area contributed by atoms with E-state index in [0.29, 0.717) is 15.8 Å². The third-order valence-electron chi connectivity index (χ3n) is 2.12. The van der Waals surface area contributed by atoms with Gasteiger partial charge in [-0.15, -0.1) is 0 Å². The molecule has 2 rings (SSSR count). The summed E-state index contributed by atoms with van der Waals surface area (Å²) in [5.74, 6) is -0.746. The minimum absolute atomic E-state index is 0.0378. The fraction of sp³-hybridized carbons (Fsp3) is 0. The highest BCUT2D eigenvalue weighted by molar-refractivity contribution is 6.31. The molecule has 1 amide bonds. The van der Waals surface area contributed by atoms with Crippen LogP contribution in [0, 0.1) is 0 Å². The third kappa shape index (κ3) is 1.59. The number of primary amides is 1. The summed E-state index contributed by atoms with van der Waals surface area (Å²) in [6.07, 6.45) is 1.50. The number of fused-ring (bicyclic) bond motifs is 1. The molecule has 1 heterocycles. The molecular weight excluding hydrogens is 216 g/mol. The fourth-order valence-corrected chi connectivity index (χ4v) is 1.64. The summed E-state index contributed by atoms with van der Waals surface area (Å²) >= 11 is 5.78. The predicted octanol–water partition coefficient (Wildman–Crippen LogP) is 1.28. The Morgan fingerprint density at radius 3 is 2.80 bits per heavy atom. The first kappa shape index (κ1) is 9.73. The van der Waals surface area contributed by atoms with Gasteiger partial charge in [0.05, 0.1) is 0 Å². The first-order valence-corrected chi connectivity index (χ1v) is 4.58. The molecule has 0 aliphatic carbocycles. The average Bonchev–Trinajstić information content (AvgIpc) is 2.17. The molecule has 1 aromatic carbocycles. The average molecular weight is 223 g/mol. The van der Waals surface area contributed by atoms with Crippen LogP contribution in [0.25, 0.3) is 10.8 Å². The molecule has 15 heavy (non-hydrogen) atoms. The highest BCUT2D eigenvalue weighted by atomic mass is 35.5. The number of nitrogens with two attached hydrogens (primary N) is 1. The van der Waals surface area contributed by atoms with E-state index < -0.39 is 11.5 Å². The quantitative estimate of drug-likeness (QED) is 0.763. The molecule has 3 N–H and O–H groups in total. The summed E-state index contributed by atoms with van der Waals surface area (Å²) < 4.78 is 0. The fourth-order valence-electron chi connectivity index (χ4n) is 1.46. The van der Waals surface area contributed by atoms with Crippen LogP contribution < -0.4 is 11.3 Å². The van der Waals surface area contributed by atoms with Crippen molar-refractivity contribution in [3.63, 3.8) is 0 Å². The van der Waals surface area contributed by atoms with E-state index in [1.54, 1.807) is 18.2 Å². The predicted molar refractivity (Wildman–Crippen MR) is 58.1 cm³/mol. The van der Waals surface area contributed by atoms with Gasteiger partial charge in [0.15, 0.2) is 0 Å². The molecule has 0 aliphatic heterocycles. The number of aromatic amines is 1. The van der Waals surface area contributed by atoms with Gasteiger partial charge in [0.1, 0.15) is 5.56 Å². The van der Waals surface area contributed by atoms with Crippen LogP contribution in [0.3, 0.4) is 0 Å². The van der Waals surface area contributed by atoms with E-state index >= 15 is 0 Å². The maximum atomic E-state index is 11.4. The molecule has 5 heteroatoms. The zero-order chi connectivity index (χ0) is 11.0. The monoisotopic (exact) mass is 222 g/mol. The van der Waals surface area contributed by atoms with Crippen molar-refractivity contribution in [2.45, 2.75) is 0 Å². The van der Waals surface area contributed by atoms with E-state index in [2.05, 4.69) is 4.98 Å². The molecule has 0 radical (unpaired) electrons. The molecule has 0 atom stereocenters. The Hall–Kier alpha value is -1.81. The van der Waals surface area contributed by atoms with E-state index in [9.17, 15) is 9.59 Å². The zero-order valence-electron chi connectivity index (χ0n) is 7.58.